The first-order valence-electron chi connectivity index (χ1n) is 6.10. The molecule has 0 spiro atoms. The van der Waals surface area contributed by atoms with E-state index in [1.54, 1.807) is 0 Å². The zero-order valence-corrected chi connectivity index (χ0v) is 10.8. The van der Waals surface area contributed by atoms with Crippen molar-refractivity contribution in [2.75, 3.05) is 20.1 Å². The normalized spacial score (nSPS) is 29.2. The molecule has 0 radical (unpaired) electrons. The fraction of sp³-hybridized carbons (Fsp3) is 1.00. The number of nitrogens with zero attached hydrogens (tertiary/aromatic N) is 1. The molecule has 1 aliphatic carbocycles. The third-order valence-electron chi connectivity index (χ3n) is 3.73. The lowest BCUT2D eigenvalue weighted by atomic mass is 9.86. The number of hydrogen-bond donors (Lipinski definition) is 1. The zero-order chi connectivity index (χ0) is 12.3. The third kappa shape index (κ3) is 3.14. The molecule has 0 heterocycles. The van der Waals surface area contributed by atoms with Gasteiger partial charge < -0.3 is 5.32 Å². The van der Waals surface area contributed by atoms with Crippen LogP contribution in [0.15, 0.2) is 0 Å². The Balaban J connectivity index is 2.65. The van der Waals surface area contributed by atoms with Gasteiger partial charge in [-0.2, -0.15) is 0 Å². The van der Waals surface area contributed by atoms with Crippen LogP contribution in [0.2, 0.25) is 0 Å². The fourth-order valence-corrected chi connectivity index (χ4v) is 2.82. The summed E-state index contributed by atoms with van der Waals surface area (Å²) in [6, 6.07) is 0.560. The van der Waals surface area contributed by atoms with Gasteiger partial charge in [0.05, 0.1) is 6.54 Å². The molecule has 0 aromatic heterocycles. The molecule has 16 heavy (non-hydrogen) atoms. The first kappa shape index (κ1) is 13.8. The molecule has 1 fully saturated rings. The largest absolute Gasteiger partial charge is 0.312 e. The maximum absolute atomic E-state index is 12.4. The second-order valence-electron chi connectivity index (χ2n) is 5.46. The van der Waals surface area contributed by atoms with Gasteiger partial charge in [0.1, 0.15) is 0 Å². The van der Waals surface area contributed by atoms with Crippen LogP contribution in [0, 0.1) is 5.41 Å². The van der Waals surface area contributed by atoms with E-state index in [0.29, 0.717) is 6.04 Å². The summed E-state index contributed by atoms with van der Waals surface area (Å²) in [5, 5.41) is 3.45. The second-order valence-corrected chi connectivity index (χ2v) is 5.46. The Morgan fingerprint density at radius 1 is 1.44 bits per heavy atom. The van der Waals surface area contributed by atoms with E-state index in [1.807, 2.05) is 11.9 Å². The zero-order valence-electron chi connectivity index (χ0n) is 10.8. The van der Waals surface area contributed by atoms with E-state index in [1.165, 1.54) is 0 Å². The van der Waals surface area contributed by atoms with Crippen molar-refractivity contribution in [1.29, 1.82) is 0 Å². The van der Waals surface area contributed by atoms with E-state index in [0.717, 1.165) is 19.4 Å². The lowest BCUT2D eigenvalue weighted by molar-refractivity contribution is 0.0693. The van der Waals surface area contributed by atoms with E-state index in [4.69, 9.17) is 0 Å². The molecule has 0 amide bonds. The molecule has 1 N–H and O–H groups in total. The van der Waals surface area contributed by atoms with E-state index >= 15 is 0 Å². The van der Waals surface area contributed by atoms with E-state index < -0.39 is 6.43 Å². The molecule has 1 aliphatic rings. The lowest BCUT2D eigenvalue weighted by Crippen LogP contribution is -2.51. The van der Waals surface area contributed by atoms with Crippen molar-refractivity contribution < 1.29 is 8.78 Å². The highest BCUT2D eigenvalue weighted by Gasteiger charge is 2.43. The number of halogens is 2. The standard InChI is InChI=1S/C12H24F2N2/c1-5-15-11-9(6-7-12(11,2)3)16(4)8-10(13)14/h9-11,15H,5-8H2,1-4H3. The molecule has 1 rings (SSSR count). The molecule has 2 atom stereocenters. The summed E-state index contributed by atoms with van der Waals surface area (Å²) in [6.07, 6.45) is -0.132. The van der Waals surface area contributed by atoms with E-state index in [-0.39, 0.29) is 18.0 Å². The summed E-state index contributed by atoms with van der Waals surface area (Å²) in [7, 11) is 1.81. The van der Waals surface area contributed by atoms with E-state index in [2.05, 4.69) is 26.1 Å². The van der Waals surface area contributed by atoms with Crippen molar-refractivity contribution in [3.63, 3.8) is 0 Å². The number of alkyl halides is 2. The lowest BCUT2D eigenvalue weighted by Gasteiger charge is -2.35. The van der Waals surface area contributed by atoms with Crippen LogP contribution in [-0.4, -0.2) is 43.5 Å². The molecule has 0 aromatic carbocycles. The molecule has 96 valence electrons. The van der Waals surface area contributed by atoms with Gasteiger partial charge >= 0.3 is 0 Å². The summed E-state index contributed by atoms with van der Waals surface area (Å²) in [5.41, 5.74) is 0.205. The molecular weight excluding hydrogens is 210 g/mol. The molecule has 0 bridgehead atoms. The monoisotopic (exact) mass is 234 g/mol. The van der Waals surface area contributed by atoms with Crippen LogP contribution in [-0.2, 0) is 0 Å². The maximum Gasteiger partial charge on any atom is 0.251 e. The highest BCUT2D eigenvalue weighted by molar-refractivity contribution is 5.00. The van der Waals surface area contributed by atoms with Crippen LogP contribution in [0.3, 0.4) is 0 Å². The van der Waals surface area contributed by atoms with Crippen molar-refractivity contribution in [1.82, 2.24) is 10.2 Å². The average Bonchev–Trinajstić information content (AvgIpc) is 2.42. The van der Waals surface area contributed by atoms with Gasteiger partial charge in [-0.15, -0.1) is 0 Å². The molecule has 2 nitrogen and oxygen atoms in total. The van der Waals surface area contributed by atoms with Gasteiger partial charge in [-0.05, 0) is 31.8 Å². The van der Waals surface area contributed by atoms with Crippen LogP contribution in [0.5, 0.6) is 0 Å². The first-order chi connectivity index (χ1) is 7.38. The van der Waals surface area contributed by atoms with Gasteiger partial charge in [0, 0.05) is 12.1 Å². The summed E-state index contributed by atoms with van der Waals surface area (Å²) in [6.45, 7) is 7.28. The number of likely N-dealkylation sites (N-methyl/N-ethyl adjacent to an activating group) is 2. The van der Waals surface area contributed by atoms with Gasteiger partial charge in [-0.25, -0.2) is 8.78 Å². The maximum atomic E-state index is 12.4. The van der Waals surface area contributed by atoms with Crippen LogP contribution in [0.4, 0.5) is 8.78 Å². The van der Waals surface area contributed by atoms with Gasteiger partial charge in [-0.3, -0.25) is 4.90 Å². The Labute approximate surface area is 97.4 Å². The fourth-order valence-electron chi connectivity index (χ4n) is 2.82. The summed E-state index contributed by atoms with van der Waals surface area (Å²) in [4.78, 5) is 1.81. The molecule has 0 aromatic rings. The smallest absolute Gasteiger partial charge is 0.251 e. The Morgan fingerprint density at radius 2 is 2.06 bits per heavy atom. The first-order valence-corrected chi connectivity index (χ1v) is 6.10. The van der Waals surface area contributed by atoms with Crippen molar-refractivity contribution in [3.8, 4) is 0 Å². The highest BCUT2D eigenvalue weighted by Crippen LogP contribution is 2.39. The summed E-state index contributed by atoms with van der Waals surface area (Å²) < 4.78 is 24.8. The minimum Gasteiger partial charge on any atom is -0.312 e. The van der Waals surface area contributed by atoms with Gasteiger partial charge in [0.15, 0.2) is 0 Å². The van der Waals surface area contributed by atoms with Crippen LogP contribution in [0.1, 0.15) is 33.6 Å². The summed E-state index contributed by atoms with van der Waals surface area (Å²) in [5.74, 6) is 0. The minimum absolute atomic E-state index is 0.122. The van der Waals surface area contributed by atoms with Crippen molar-refractivity contribution >= 4 is 0 Å². The Kier molecular flexibility index (Phi) is 4.68. The second kappa shape index (κ2) is 5.41. The molecule has 2 unspecified atom stereocenters. The number of rotatable bonds is 5. The predicted octanol–water partition coefficient (Wildman–Crippen LogP) is 2.35. The predicted molar refractivity (Wildman–Crippen MR) is 62.9 cm³/mol. The molecule has 1 saturated carbocycles. The Hall–Kier alpha value is -0.220. The SMILES string of the molecule is CCNC1C(N(C)CC(F)F)CCC1(C)C. The van der Waals surface area contributed by atoms with Crippen molar-refractivity contribution in [3.05, 3.63) is 0 Å². The molecule has 0 aliphatic heterocycles. The van der Waals surface area contributed by atoms with Gasteiger partial charge in [0.25, 0.3) is 6.43 Å². The third-order valence-corrected chi connectivity index (χ3v) is 3.73. The van der Waals surface area contributed by atoms with E-state index in [9.17, 15) is 8.78 Å². The Bertz CT molecular complexity index is 219. The highest BCUT2D eigenvalue weighted by atomic mass is 19.3. The molecule has 4 heteroatoms. The number of hydrogen-bond acceptors (Lipinski definition) is 2. The van der Waals surface area contributed by atoms with Gasteiger partial charge in [0.2, 0.25) is 0 Å². The van der Waals surface area contributed by atoms with Crippen LogP contribution >= 0.6 is 0 Å². The minimum atomic E-state index is -2.24. The quantitative estimate of drug-likeness (QED) is 0.785. The van der Waals surface area contributed by atoms with Crippen molar-refractivity contribution in [2.24, 2.45) is 5.41 Å². The topological polar surface area (TPSA) is 15.3 Å². The van der Waals surface area contributed by atoms with Crippen LogP contribution in [0.25, 0.3) is 0 Å². The Morgan fingerprint density at radius 3 is 2.56 bits per heavy atom. The average molecular weight is 234 g/mol. The van der Waals surface area contributed by atoms with Crippen molar-refractivity contribution in [2.45, 2.75) is 52.1 Å². The molecule has 0 saturated heterocycles. The van der Waals surface area contributed by atoms with Gasteiger partial charge in [-0.1, -0.05) is 20.8 Å². The van der Waals surface area contributed by atoms with Crippen LogP contribution < -0.4 is 5.32 Å². The number of nitrogens with one attached hydrogen (secondary N) is 1. The molecular formula is C12H24F2N2. The summed E-state index contributed by atoms with van der Waals surface area (Å²) >= 11 is 0.